The average molecular weight is 344 g/mol. The van der Waals surface area contributed by atoms with Crippen molar-refractivity contribution >= 4 is 17.7 Å². The van der Waals surface area contributed by atoms with Gasteiger partial charge >= 0.3 is 6.09 Å². The Morgan fingerprint density at radius 2 is 1.84 bits per heavy atom. The summed E-state index contributed by atoms with van der Waals surface area (Å²) in [5.74, 6) is -0.944. The molecule has 6 nitrogen and oxygen atoms in total. The highest BCUT2D eigenvalue weighted by molar-refractivity contribution is 6.17. The van der Waals surface area contributed by atoms with E-state index in [1.807, 2.05) is 20.8 Å². The van der Waals surface area contributed by atoms with Crippen LogP contribution in [0.15, 0.2) is 17.3 Å². The lowest BCUT2D eigenvalue weighted by atomic mass is 9.86. The van der Waals surface area contributed by atoms with E-state index >= 15 is 0 Å². The largest absolute Gasteiger partial charge is 0.441 e. The molecule has 25 heavy (non-hydrogen) atoms. The summed E-state index contributed by atoms with van der Waals surface area (Å²) in [6.07, 6.45) is -1.04. The predicted molar refractivity (Wildman–Crippen MR) is 93.5 cm³/mol. The topological polar surface area (TPSA) is 68.2 Å². The highest BCUT2D eigenvalue weighted by Crippen LogP contribution is 2.31. The molecule has 2 amide bonds. The number of nitrogens with zero attached hydrogens (tertiary/aromatic N) is 2. The van der Waals surface area contributed by atoms with Gasteiger partial charge in [0.2, 0.25) is 5.91 Å². The van der Waals surface area contributed by atoms with Crippen LogP contribution in [0, 0.1) is 26.7 Å². The first-order valence-corrected chi connectivity index (χ1v) is 8.47. The standard InChI is InChI=1S/C19H24N2O4/c1-10-7-11(2)14(12(3)8-10)16-15(13(4)25-20-16)17(22)21-9-19(5,6)24-18(21)23/h7-8,13,15H,9H2,1-6H3/t13-,15-/m0/s1. The lowest BCUT2D eigenvalue weighted by molar-refractivity contribution is -0.132. The van der Waals surface area contributed by atoms with Crippen molar-refractivity contribution in [2.75, 3.05) is 6.54 Å². The first kappa shape index (κ1) is 17.5. The number of imide groups is 1. The number of oxime groups is 1. The lowest BCUT2D eigenvalue weighted by Crippen LogP contribution is -2.44. The summed E-state index contributed by atoms with van der Waals surface area (Å²) in [4.78, 5) is 31.8. The van der Waals surface area contributed by atoms with Gasteiger partial charge in [-0.05, 0) is 52.7 Å². The van der Waals surface area contributed by atoms with Gasteiger partial charge in [-0.2, -0.15) is 0 Å². The molecule has 1 aromatic rings. The molecule has 3 rings (SSSR count). The number of cyclic esters (lactones) is 1. The van der Waals surface area contributed by atoms with Crippen molar-refractivity contribution in [3.05, 3.63) is 34.4 Å². The van der Waals surface area contributed by atoms with E-state index < -0.39 is 23.7 Å². The van der Waals surface area contributed by atoms with Gasteiger partial charge in [-0.25, -0.2) is 9.69 Å². The molecule has 0 N–H and O–H groups in total. The number of rotatable bonds is 2. The maximum absolute atomic E-state index is 13.1. The average Bonchev–Trinajstić information content (AvgIpc) is 2.97. The van der Waals surface area contributed by atoms with E-state index in [0.717, 1.165) is 22.3 Å². The van der Waals surface area contributed by atoms with Crippen LogP contribution in [0.1, 0.15) is 43.0 Å². The fraction of sp³-hybridized carbons (Fsp3) is 0.526. The highest BCUT2D eigenvalue weighted by Gasteiger charge is 2.48. The zero-order valence-corrected chi connectivity index (χ0v) is 15.5. The van der Waals surface area contributed by atoms with Crippen LogP contribution in [0.3, 0.4) is 0 Å². The van der Waals surface area contributed by atoms with Gasteiger partial charge < -0.3 is 9.57 Å². The van der Waals surface area contributed by atoms with E-state index in [1.54, 1.807) is 20.8 Å². The molecule has 2 aliphatic heterocycles. The molecule has 0 aromatic heterocycles. The van der Waals surface area contributed by atoms with E-state index in [0.29, 0.717) is 5.71 Å². The number of benzene rings is 1. The number of amides is 2. The fourth-order valence-corrected chi connectivity index (χ4v) is 3.69. The Kier molecular flexibility index (Phi) is 4.09. The first-order chi connectivity index (χ1) is 11.6. The Balaban J connectivity index is 1.97. The highest BCUT2D eigenvalue weighted by atomic mass is 16.6. The first-order valence-electron chi connectivity index (χ1n) is 8.47. The van der Waals surface area contributed by atoms with Crippen LogP contribution < -0.4 is 0 Å². The lowest BCUT2D eigenvalue weighted by Gasteiger charge is -2.21. The minimum Gasteiger partial charge on any atom is -0.441 e. The normalized spacial score (nSPS) is 24.8. The van der Waals surface area contributed by atoms with E-state index in [2.05, 4.69) is 17.3 Å². The van der Waals surface area contributed by atoms with E-state index in [1.165, 1.54) is 4.90 Å². The summed E-state index contributed by atoms with van der Waals surface area (Å²) in [5.41, 5.74) is 4.05. The Hall–Kier alpha value is -2.37. The molecule has 0 aliphatic carbocycles. The van der Waals surface area contributed by atoms with Crippen LogP contribution in [0.25, 0.3) is 0 Å². The van der Waals surface area contributed by atoms with E-state index in [-0.39, 0.29) is 12.5 Å². The second-order valence-corrected chi connectivity index (χ2v) is 7.59. The van der Waals surface area contributed by atoms with Crippen molar-refractivity contribution in [1.82, 2.24) is 4.90 Å². The van der Waals surface area contributed by atoms with Crippen molar-refractivity contribution in [1.29, 1.82) is 0 Å². The molecule has 2 aliphatic rings. The molecular formula is C19H24N2O4. The van der Waals surface area contributed by atoms with Gasteiger partial charge in [-0.15, -0.1) is 0 Å². The number of carbonyl (C=O) groups is 2. The summed E-state index contributed by atoms with van der Waals surface area (Å²) >= 11 is 0. The van der Waals surface area contributed by atoms with Gasteiger partial charge in [-0.3, -0.25) is 4.79 Å². The minimum absolute atomic E-state index is 0.229. The molecule has 0 bridgehead atoms. The second-order valence-electron chi connectivity index (χ2n) is 7.59. The Labute approximate surface area is 147 Å². The summed E-state index contributed by atoms with van der Waals surface area (Å²) < 4.78 is 5.27. The maximum Gasteiger partial charge on any atom is 0.417 e. The zero-order valence-electron chi connectivity index (χ0n) is 15.5. The molecular weight excluding hydrogens is 320 g/mol. The minimum atomic E-state index is -0.678. The van der Waals surface area contributed by atoms with E-state index in [9.17, 15) is 9.59 Å². The number of ether oxygens (including phenoxy) is 1. The van der Waals surface area contributed by atoms with Crippen molar-refractivity contribution in [2.45, 2.75) is 53.2 Å². The van der Waals surface area contributed by atoms with Crippen LogP contribution in [0.2, 0.25) is 0 Å². The van der Waals surface area contributed by atoms with Crippen LogP contribution in [0.4, 0.5) is 4.79 Å². The Morgan fingerprint density at radius 3 is 2.36 bits per heavy atom. The van der Waals surface area contributed by atoms with Gasteiger partial charge in [0.05, 0.1) is 6.54 Å². The zero-order chi connectivity index (χ0) is 18.5. The van der Waals surface area contributed by atoms with Crippen molar-refractivity contribution in [2.24, 2.45) is 11.1 Å². The number of aryl methyl sites for hydroxylation is 3. The summed E-state index contributed by atoms with van der Waals surface area (Å²) in [7, 11) is 0. The molecule has 6 heteroatoms. The molecule has 134 valence electrons. The molecule has 0 radical (unpaired) electrons. The van der Waals surface area contributed by atoms with Gasteiger partial charge in [0.1, 0.15) is 23.3 Å². The van der Waals surface area contributed by atoms with Crippen molar-refractivity contribution in [3.8, 4) is 0 Å². The van der Waals surface area contributed by atoms with Crippen LogP contribution >= 0.6 is 0 Å². The molecule has 1 fully saturated rings. The maximum atomic E-state index is 13.1. The smallest absolute Gasteiger partial charge is 0.417 e. The molecule has 0 saturated carbocycles. The van der Waals surface area contributed by atoms with Crippen LogP contribution in [-0.4, -0.2) is 40.9 Å². The quantitative estimate of drug-likeness (QED) is 0.827. The van der Waals surface area contributed by atoms with Crippen molar-refractivity contribution < 1.29 is 19.2 Å². The van der Waals surface area contributed by atoms with Gasteiger partial charge in [0.15, 0.2) is 0 Å². The third-order valence-corrected chi connectivity index (χ3v) is 4.67. The molecule has 0 unspecified atom stereocenters. The second kappa shape index (κ2) is 5.86. The van der Waals surface area contributed by atoms with Gasteiger partial charge in [0.25, 0.3) is 0 Å². The number of carbonyl (C=O) groups excluding carboxylic acids is 2. The molecule has 2 heterocycles. The Bertz CT molecular complexity index is 759. The Morgan fingerprint density at radius 1 is 1.24 bits per heavy atom. The summed E-state index contributed by atoms with van der Waals surface area (Å²) in [6, 6.07) is 4.12. The van der Waals surface area contributed by atoms with E-state index in [4.69, 9.17) is 9.57 Å². The monoisotopic (exact) mass is 344 g/mol. The molecule has 0 spiro atoms. The number of hydrogen-bond donors (Lipinski definition) is 0. The SMILES string of the molecule is Cc1cc(C)c(C2=NO[C@@H](C)[C@@H]2C(=O)N2CC(C)(C)OC2=O)c(C)c1. The number of hydrogen-bond acceptors (Lipinski definition) is 5. The van der Waals surface area contributed by atoms with Gasteiger partial charge in [-0.1, -0.05) is 22.9 Å². The molecule has 1 saturated heterocycles. The molecule has 2 atom stereocenters. The fourth-order valence-electron chi connectivity index (χ4n) is 3.69. The van der Waals surface area contributed by atoms with Crippen LogP contribution in [-0.2, 0) is 14.4 Å². The van der Waals surface area contributed by atoms with Gasteiger partial charge in [0, 0.05) is 5.56 Å². The third kappa shape index (κ3) is 3.01. The third-order valence-electron chi connectivity index (χ3n) is 4.67. The van der Waals surface area contributed by atoms with Crippen LogP contribution in [0.5, 0.6) is 0 Å². The summed E-state index contributed by atoms with van der Waals surface area (Å²) in [6.45, 7) is 11.6. The predicted octanol–water partition coefficient (Wildman–Crippen LogP) is 3.11. The molecule has 1 aromatic carbocycles. The summed E-state index contributed by atoms with van der Waals surface area (Å²) in [5, 5.41) is 4.19. The van der Waals surface area contributed by atoms with Crippen molar-refractivity contribution in [3.63, 3.8) is 0 Å².